The summed E-state index contributed by atoms with van der Waals surface area (Å²) in [6, 6.07) is -8.37. The minimum Gasteiger partial charge on any atom is -0.394 e. The summed E-state index contributed by atoms with van der Waals surface area (Å²) < 4.78 is 46.3. The quantitative estimate of drug-likeness (QED) is 0.0448. The molecule has 4 aliphatic heterocycles. The van der Waals surface area contributed by atoms with Crippen LogP contribution in [0.4, 0.5) is 0 Å². The molecule has 0 bridgehead atoms. The van der Waals surface area contributed by atoms with E-state index in [1.54, 1.807) is 0 Å². The zero-order valence-electron chi connectivity index (χ0n) is 39.1. The number of amides is 5. The smallest absolute Gasteiger partial charge is 0.217 e. The molecule has 0 radical (unpaired) electrons. The fraction of sp³-hybridized carbons (Fsp3) is 0.850. The van der Waals surface area contributed by atoms with Gasteiger partial charge in [0, 0.05) is 34.6 Å². The lowest BCUT2D eigenvalue weighted by Crippen LogP contribution is -2.70. The van der Waals surface area contributed by atoms with Gasteiger partial charge in [-0.1, -0.05) is 0 Å². The summed E-state index contributed by atoms with van der Waals surface area (Å²) >= 11 is 0. The van der Waals surface area contributed by atoms with Crippen molar-refractivity contribution in [1.29, 1.82) is 0 Å². The number of nitrogens with one attached hydrogen (secondary N) is 5. The molecule has 5 amide bonds. The third-order valence-corrected chi connectivity index (χ3v) is 11.9. The van der Waals surface area contributed by atoms with Crippen molar-refractivity contribution >= 4 is 35.8 Å². The molecule has 4 rings (SSSR count). The third kappa shape index (κ3) is 14.9. The van der Waals surface area contributed by atoms with Crippen LogP contribution in [-0.2, 0) is 66.7 Å². The second-order valence-corrected chi connectivity index (χ2v) is 17.3. The molecule has 0 aromatic rings. The van der Waals surface area contributed by atoms with Crippen molar-refractivity contribution in [1.82, 2.24) is 26.6 Å². The van der Waals surface area contributed by atoms with Crippen LogP contribution in [-0.4, -0.2) is 277 Å². The second kappa shape index (κ2) is 27.0. The highest BCUT2D eigenvalue weighted by atomic mass is 16.7. The van der Waals surface area contributed by atoms with E-state index in [1.807, 2.05) is 0 Å². The van der Waals surface area contributed by atoms with E-state index in [4.69, 9.17) is 37.9 Å². The lowest BCUT2D eigenvalue weighted by Gasteiger charge is -2.49. The highest BCUT2D eigenvalue weighted by Gasteiger charge is 2.55. The Kier molecular flexibility index (Phi) is 22.7. The van der Waals surface area contributed by atoms with E-state index in [2.05, 4.69) is 26.6 Å². The Labute approximate surface area is 404 Å². The summed E-state index contributed by atoms with van der Waals surface area (Å²) in [4.78, 5) is 73.8. The zero-order chi connectivity index (χ0) is 53.2. The minimum absolute atomic E-state index is 0.0826. The van der Waals surface area contributed by atoms with Crippen LogP contribution in [0.15, 0.2) is 0 Å². The van der Waals surface area contributed by atoms with Crippen LogP contribution >= 0.6 is 0 Å². The maximum absolute atomic E-state index is 12.5. The Morgan fingerprint density at radius 1 is 0.507 bits per heavy atom. The van der Waals surface area contributed by atoms with Crippen molar-refractivity contribution in [2.45, 2.75) is 182 Å². The Hall–Kier alpha value is -3.78. The highest BCUT2D eigenvalue weighted by Crippen LogP contribution is 2.33. The standard InChI is InChI=1S/C40H67N5O26/c1-12(51)41-17(6-46)34(69-40-26(45-16(5)55)33(63)36(22(10-50)68-40)71-39-24(43-14(3)53)31(61)29(59)20(8-48)66-39)27(57)18(56)11-64-37-25(44-15(4)54)32(62)35(21(9-49)67-37)70-38-23(42-13(2)52)30(60)28(58)19(7-47)65-38/h6,17-40,47-50,56-63H,7-11H2,1-5H3,(H,41,51)(H,42,52)(H,43,53)(H,44,54)(H,45,55)/t17-,18+,19+,20+,21+,22+,23+,24+,25+,26+,27-,28-,29-,30+,31+,32+,33+,34+,35+,36+,37+,38-,39-,40-/m0/s1. The van der Waals surface area contributed by atoms with E-state index in [9.17, 15) is 90.0 Å². The molecule has 4 saturated heterocycles. The molecule has 0 spiro atoms. The van der Waals surface area contributed by atoms with Gasteiger partial charge in [-0.2, -0.15) is 0 Å². The summed E-state index contributed by atoms with van der Waals surface area (Å²) in [5.74, 6) is -3.97. The summed E-state index contributed by atoms with van der Waals surface area (Å²) in [7, 11) is 0. The largest absolute Gasteiger partial charge is 0.394 e. The van der Waals surface area contributed by atoms with Gasteiger partial charge in [0.05, 0.1) is 33.0 Å². The van der Waals surface area contributed by atoms with E-state index in [0.29, 0.717) is 0 Å². The molecule has 31 nitrogen and oxygen atoms in total. The predicted octanol–water partition coefficient (Wildman–Crippen LogP) is -11.4. The van der Waals surface area contributed by atoms with Gasteiger partial charge in [0.1, 0.15) is 128 Å². The van der Waals surface area contributed by atoms with Gasteiger partial charge in [-0.25, -0.2) is 0 Å². The van der Waals surface area contributed by atoms with Crippen LogP contribution < -0.4 is 26.6 Å². The Morgan fingerprint density at radius 3 is 1.21 bits per heavy atom. The number of aliphatic hydroxyl groups excluding tert-OH is 12. The Morgan fingerprint density at radius 2 is 0.859 bits per heavy atom. The van der Waals surface area contributed by atoms with Crippen molar-refractivity contribution in [3.05, 3.63) is 0 Å². The number of ether oxygens (including phenoxy) is 8. The molecule has 31 heteroatoms. The van der Waals surface area contributed by atoms with E-state index in [-0.39, 0.29) is 6.29 Å². The number of aliphatic hydroxyl groups is 12. The van der Waals surface area contributed by atoms with Crippen LogP contribution in [0, 0.1) is 0 Å². The van der Waals surface area contributed by atoms with Gasteiger partial charge >= 0.3 is 0 Å². The van der Waals surface area contributed by atoms with Crippen LogP contribution in [0.25, 0.3) is 0 Å². The number of hydrogen-bond acceptors (Lipinski definition) is 26. The molecule has 0 aliphatic carbocycles. The average molecular weight is 1030 g/mol. The monoisotopic (exact) mass is 1030 g/mol. The number of hydrogen-bond donors (Lipinski definition) is 17. The molecule has 4 heterocycles. The fourth-order valence-corrected chi connectivity index (χ4v) is 8.46. The third-order valence-electron chi connectivity index (χ3n) is 11.9. The molecule has 0 unspecified atom stereocenters. The van der Waals surface area contributed by atoms with Crippen LogP contribution in [0.1, 0.15) is 34.6 Å². The van der Waals surface area contributed by atoms with E-state index in [0.717, 1.165) is 34.6 Å². The van der Waals surface area contributed by atoms with Gasteiger partial charge in [-0.05, 0) is 0 Å². The normalized spacial score (nSPS) is 39.2. The van der Waals surface area contributed by atoms with Crippen molar-refractivity contribution in [3.8, 4) is 0 Å². The first-order valence-electron chi connectivity index (χ1n) is 22.3. The summed E-state index contributed by atoms with van der Waals surface area (Å²) in [6.45, 7) is 0.434. The van der Waals surface area contributed by atoms with E-state index < -0.39 is 209 Å². The maximum atomic E-state index is 12.5. The first-order chi connectivity index (χ1) is 33.4. The average Bonchev–Trinajstić information content (AvgIpc) is 3.31. The van der Waals surface area contributed by atoms with Gasteiger partial charge in [0.2, 0.25) is 29.5 Å². The molecule has 0 aromatic carbocycles. The van der Waals surface area contributed by atoms with Crippen molar-refractivity contribution in [2.75, 3.05) is 33.0 Å². The molecular formula is C40H67N5O26. The molecule has 408 valence electrons. The van der Waals surface area contributed by atoms with Crippen molar-refractivity contribution in [3.63, 3.8) is 0 Å². The van der Waals surface area contributed by atoms with Gasteiger partial charge in [-0.3, -0.25) is 24.0 Å². The van der Waals surface area contributed by atoms with Crippen LogP contribution in [0.5, 0.6) is 0 Å². The fourth-order valence-electron chi connectivity index (χ4n) is 8.46. The molecule has 4 fully saturated rings. The SMILES string of the molecule is CC(=O)N[C@H]1[C@H](OC[C@@H](O)[C@H](O)[C@H](O[C@@H]2O[C@H](CO)[C@@H](O[C@@H]3O[C@H](CO)[C@H](O)[C@H](O)[C@H]3NC(C)=O)[C@H](O)[C@H]2NC(C)=O)[C@H](C=O)NC(C)=O)O[C@H](CO)[C@@H](O[C@@H]2O[C@H](CO)[C@H](O)[C@H](O)[C@H]2NC(C)=O)[C@@H]1O. The summed E-state index contributed by atoms with van der Waals surface area (Å²) in [5, 5.41) is 141. The van der Waals surface area contributed by atoms with Gasteiger partial charge in [0.25, 0.3) is 0 Å². The lowest BCUT2D eigenvalue weighted by molar-refractivity contribution is -0.341. The molecular weight excluding hydrogens is 966 g/mol. The first-order valence-corrected chi connectivity index (χ1v) is 22.3. The van der Waals surface area contributed by atoms with Crippen molar-refractivity contribution in [2.24, 2.45) is 0 Å². The second-order valence-electron chi connectivity index (χ2n) is 17.3. The predicted molar refractivity (Wildman–Crippen MR) is 226 cm³/mol. The minimum atomic E-state index is -2.33. The molecule has 0 aromatic heterocycles. The van der Waals surface area contributed by atoms with Crippen LogP contribution in [0.2, 0.25) is 0 Å². The van der Waals surface area contributed by atoms with Crippen molar-refractivity contribution < 1.29 is 128 Å². The number of carbonyl (C=O) groups excluding carboxylic acids is 6. The van der Waals surface area contributed by atoms with E-state index in [1.165, 1.54) is 0 Å². The summed E-state index contributed by atoms with van der Waals surface area (Å²) in [6.07, 6.45) is -34.6. The molecule has 71 heavy (non-hydrogen) atoms. The summed E-state index contributed by atoms with van der Waals surface area (Å²) in [5.41, 5.74) is 0. The Balaban J connectivity index is 1.60. The van der Waals surface area contributed by atoms with E-state index >= 15 is 0 Å². The molecule has 0 saturated carbocycles. The molecule has 24 atom stereocenters. The Bertz CT molecular complexity index is 1780. The highest BCUT2D eigenvalue weighted by molar-refractivity contribution is 5.77. The molecule has 17 N–H and O–H groups in total. The van der Waals surface area contributed by atoms with Gasteiger partial charge < -0.3 is 131 Å². The van der Waals surface area contributed by atoms with Crippen LogP contribution in [0.3, 0.4) is 0 Å². The van der Waals surface area contributed by atoms with Gasteiger partial charge in [-0.15, -0.1) is 0 Å². The number of carbonyl (C=O) groups is 6. The number of aldehydes is 1. The maximum Gasteiger partial charge on any atom is 0.217 e. The topological polar surface area (TPSA) is 479 Å². The zero-order valence-corrected chi connectivity index (χ0v) is 39.1. The molecule has 4 aliphatic rings. The first kappa shape index (κ1) is 59.8. The van der Waals surface area contributed by atoms with Gasteiger partial charge in [0.15, 0.2) is 25.2 Å². The number of rotatable bonds is 22. The lowest BCUT2D eigenvalue weighted by atomic mass is 9.94.